The number of carbonyl (C=O) groups is 1. The number of halogens is 1. The van der Waals surface area contributed by atoms with Crippen molar-refractivity contribution in [3.63, 3.8) is 0 Å². The zero-order valence-corrected chi connectivity index (χ0v) is 13.1. The normalized spacial score (nSPS) is 9.43. The molecule has 0 saturated carbocycles. The average Bonchev–Trinajstić information content (AvgIpc) is 2.49. The fraction of sp³-hybridized carbons (Fsp3) is 0.118. The highest BCUT2D eigenvalue weighted by Crippen LogP contribution is 2.22. The molecule has 1 amide bonds. The van der Waals surface area contributed by atoms with Gasteiger partial charge >= 0.3 is 6.09 Å². The molecule has 2 rings (SSSR count). The third-order valence-corrected chi connectivity index (χ3v) is 3.07. The molecule has 0 atom stereocenters. The van der Waals surface area contributed by atoms with Gasteiger partial charge in [0.1, 0.15) is 5.75 Å². The summed E-state index contributed by atoms with van der Waals surface area (Å²) in [5.74, 6) is 6.52. The molecule has 2 aromatic rings. The molecule has 0 bridgehead atoms. The second kappa shape index (κ2) is 7.51. The molecule has 0 fully saturated rings. The van der Waals surface area contributed by atoms with E-state index in [4.69, 9.17) is 4.74 Å². The molecule has 4 heteroatoms. The predicted molar refractivity (Wildman–Crippen MR) is 86.3 cm³/mol. The van der Waals surface area contributed by atoms with Crippen molar-refractivity contribution in [2.75, 3.05) is 6.54 Å². The first-order valence-corrected chi connectivity index (χ1v) is 7.30. The van der Waals surface area contributed by atoms with Crippen LogP contribution in [0.3, 0.4) is 0 Å². The van der Waals surface area contributed by atoms with Crippen LogP contribution in [0.4, 0.5) is 4.79 Å². The van der Waals surface area contributed by atoms with Gasteiger partial charge in [-0.05, 0) is 37.3 Å². The Morgan fingerprint density at radius 1 is 1.19 bits per heavy atom. The smallest absolute Gasteiger partial charge is 0.409 e. The van der Waals surface area contributed by atoms with E-state index in [9.17, 15) is 4.79 Å². The fourth-order valence-corrected chi connectivity index (χ4v) is 1.99. The molecule has 0 aliphatic rings. The van der Waals surface area contributed by atoms with Crippen LogP contribution in [0.25, 0.3) is 0 Å². The van der Waals surface area contributed by atoms with Crippen molar-refractivity contribution in [2.24, 2.45) is 0 Å². The van der Waals surface area contributed by atoms with Gasteiger partial charge < -0.3 is 10.1 Å². The lowest BCUT2D eigenvalue weighted by Crippen LogP contribution is -2.26. The Labute approximate surface area is 132 Å². The van der Waals surface area contributed by atoms with Gasteiger partial charge in [0, 0.05) is 16.6 Å². The molecular formula is C17H14BrNO2. The van der Waals surface area contributed by atoms with Crippen LogP contribution < -0.4 is 10.1 Å². The summed E-state index contributed by atoms with van der Waals surface area (Å²) in [6, 6.07) is 15.0. The number of nitrogens with one attached hydrogen (secondary N) is 1. The van der Waals surface area contributed by atoms with E-state index in [0.29, 0.717) is 17.9 Å². The summed E-state index contributed by atoms with van der Waals surface area (Å²) in [4.78, 5) is 11.5. The van der Waals surface area contributed by atoms with Crippen LogP contribution in [0.15, 0.2) is 53.0 Å². The average molecular weight is 344 g/mol. The second-order valence-electron chi connectivity index (χ2n) is 4.18. The minimum absolute atomic E-state index is 0.438. The third kappa shape index (κ3) is 4.66. The Kier molecular flexibility index (Phi) is 5.42. The molecule has 0 heterocycles. The van der Waals surface area contributed by atoms with E-state index in [0.717, 1.165) is 10.0 Å². The van der Waals surface area contributed by atoms with Crippen LogP contribution in [0.2, 0.25) is 0 Å². The second-order valence-corrected chi connectivity index (χ2v) is 5.09. The molecule has 0 saturated heterocycles. The quantitative estimate of drug-likeness (QED) is 0.838. The van der Waals surface area contributed by atoms with E-state index in [1.807, 2.05) is 49.4 Å². The van der Waals surface area contributed by atoms with E-state index in [1.165, 1.54) is 0 Å². The highest BCUT2D eigenvalue weighted by molar-refractivity contribution is 9.10. The van der Waals surface area contributed by atoms with E-state index in [1.54, 1.807) is 6.07 Å². The molecule has 0 spiro atoms. The van der Waals surface area contributed by atoms with Gasteiger partial charge in [-0.3, -0.25) is 0 Å². The number of amides is 1. The highest BCUT2D eigenvalue weighted by Gasteiger charge is 2.07. The van der Waals surface area contributed by atoms with Crippen LogP contribution in [0.1, 0.15) is 18.1 Å². The maximum Gasteiger partial charge on any atom is 0.412 e. The molecule has 0 radical (unpaired) electrons. The molecule has 0 unspecified atom stereocenters. The highest BCUT2D eigenvalue weighted by atomic mass is 79.9. The van der Waals surface area contributed by atoms with Gasteiger partial charge in [0.25, 0.3) is 0 Å². The van der Waals surface area contributed by atoms with Crippen molar-refractivity contribution in [3.8, 4) is 17.6 Å². The van der Waals surface area contributed by atoms with Crippen molar-refractivity contribution in [1.29, 1.82) is 0 Å². The summed E-state index contributed by atoms with van der Waals surface area (Å²) in [7, 11) is 0. The number of benzene rings is 2. The molecule has 106 valence electrons. The zero-order chi connectivity index (χ0) is 15.1. The number of rotatable bonds is 2. The van der Waals surface area contributed by atoms with Crippen LogP contribution in [-0.2, 0) is 0 Å². The van der Waals surface area contributed by atoms with E-state index in [-0.39, 0.29) is 0 Å². The Hall–Kier alpha value is -2.25. The molecule has 3 nitrogen and oxygen atoms in total. The first-order chi connectivity index (χ1) is 10.2. The third-order valence-electron chi connectivity index (χ3n) is 2.58. The van der Waals surface area contributed by atoms with E-state index >= 15 is 0 Å². The lowest BCUT2D eigenvalue weighted by molar-refractivity contribution is 0.201. The van der Waals surface area contributed by atoms with E-state index < -0.39 is 6.09 Å². The standard InChI is InChI=1S/C17H14BrNO2/c1-2-19-17(20)21-16-11-10-15(18)12-14(16)9-8-13-6-4-3-5-7-13/h3-7,10-12H,2H2,1H3,(H,19,20). The molecule has 1 N–H and O–H groups in total. The SMILES string of the molecule is CCNC(=O)Oc1ccc(Br)cc1C#Cc1ccccc1. The van der Waals surface area contributed by atoms with Crippen molar-refractivity contribution in [3.05, 3.63) is 64.1 Å². The fourth-order valence-electron chi connectivity index (χ4n) is 1.63. The number of hydrogen-bond acceptors (Lipinski definition) is 2. The Balaban J connectivity index is 2.28. The first-order valence-electron chi connectivity index (χ1n) is 6.51. The first kappa shape index (κ1) is 15.1. The van der Waals surface area contributed by atoms with Gasteiger partial charge in [-0.1, -0.05) is 46.0 Å². The van der Waals surface area contributed by atoms with Crippen LogP contribution >= 0.6 is 15.9 Å². The number of hydrogen-bond donors (Lipinski definition) is 1. The van der Waals surface area contributed by atoms with Gasteiger partial charge in [0.15, 0.2) is 0 Å². The van der Waals surface area contributed by atoms with Gasteiger partial charge in [0.2, 0.25) is 0 Å². The summed E-state index contributed by atoms with van der Waals surface area (Å²) in [5, 5.41) is 2.59. The number of carbonyl (C=O) groups excluding carboxylic acids is 1. The Morgan fingerprint density at radius 3 is 2.67 bits per heavy atom. The van der Waals surface area contributed by atoms with Crippen LogP contribution in [-0.4, -0.2) is 12.6 Å². The van der Waals surface area contributed by atoms with Gasteiger partial charge in [-0.2, -0.15) is 0 Å². The minimum atomic E-state index is -0.484. The van der Waals surface area contributed by atoms with Gasteiger partial charge in [-0.15, -0.1) is 0 Å². The lowest BCUT2D eigenvalue weighted by Gasteiger charge is -2.07. The molecular weight excluding hydrogens is 330 g/mol. The lowest BCUT2D eigenvalue weighted by atomic mass is 10.1. The predicted octanol–water partition coefficient (Wildman–Crippen LogP) is 3.96. The zero-order valence-electron chi connectivity index (χ0n) is 11.5. The maximum absolute atomic E-state index is 11.5. The minimum Gasteiger partial charge on any atom is -0.409 e. The molecule has 21 heavy (non-hydrogen) atoms. The number of ether oxygens (including phenoxy) is 1. The largest absolute Gasteiger partial charge is 0.412 e. The van der Waals surface area contributed by atoms with Gasteiger partial charge in [-0.25, -0.2) is 4.79 Å². The maximum atomic E-state index is 11.5. The summed E-state index contributed by atoms with van der Waals surface area (Å²) in [5.41, 5.74) is 1.56. The summed E-state index contributed by atoms with van der Waals surface area (Å²) < 4.78 is 6.13. The van der Waals surface area contributed by atoms with Crippen molar-refractivity contribution in [2.45, 2.75) is 6.92 Å². The molecule has 0 aliphatic carbocycles. The van der Waals surface area contributed by atoms with E-state index in [2.05, 4.69) is 33.1 Å². The summed E-state index contributed by atoms with van der Waals surface area (Å²) in [6.45, 7) is 2.35. The monoisotopic (exact) mass is 343 g/mol. The van der Waals surface area contributed by atoms with Gasteiger partial charge in [0.05, 0.1) is 5.56 Å². The summed E-state index contributed by atoms with van der Waals surface area (Å²) >= 11 is 3.40. The van der Waals surface area contributed by atoms with Crippen molar-refractivity contribution < 1.29 is 9.53 Å². The Morgan fingerprint density at radius 2 is 1.95 bits per heavy atom. The molecule has 0 aromatic heterocycles. The van der Waals surface area contributed by atoms with Crippen LogP contribution in [0, 0.1) is 11.8 Å². The Bertz CT molecular complexity index is 687. The topological polar surface area (TPSA) is 38.3 Å². The van der Waals surface area contributed by atoms with Crippen LogP contribution in [0.5, 0.6) is 5.75 Å². The molecule has 0 aliphatic heterocycles. The van der Waals surface area contributed by atoms with Crippen molar-refractivity contribution in [1.82, 2.24) is 5.32 Å². The molecule has 2 aromatic carbocycles. The van der Waals surface area contributed by atoms with Crippen molar-refractivity contribution >= 4 is 22.0 Å². The summed E-state index contributed by atoms with van der Waals surface area (Å²) in [6.07, 6.45) is -0.484.